The lowest BCUT2D eigenvalue weighted by atomic mass is 9.88. The molecule has 6 rings (SSSR count). The van der Waals surface area contributed by atoms with E-state index in [9.17, 15) is 39.0 Å². The third kappa shape index (κ3) is 11.0. The van der Waals surface area contributed by atoms with Crippen molar-refractivity contribution in [3.63, 3.8) is 0 Å². The molecule has 6 N–H and O–H groups in total. The quantitative estimate of drug-likeness (QED) is 0.0785. The Kier molecular flexibility index (Phi) is 13.6. The van der Waals surface area contributed by atoms with Crippen molar-refractivity contribution in [3.8, 4) is 0 Å². The zero-order valence-electron chi connectivity index (χ0n) is 29.8. The number of para-hydroxylation sites is 4. The maximum Gasteiger partial charge on any atom is 0.337 e. The summed E-state index contributed by atoms with van der Waals surface area (Å²) in [4.78, 5) is 72.9. The first-order valence-electron chi connectivity index (χ1n) is 17.7. The van der Waals surface area contributed by atoms with Crippen molar-refractivity contribution < 1.29 is 39.0 Å². The van der Waals surface area contributed by atoms with Crippen LogP contribution in [0.5, 0.6) is 0 Å². The molecule has 0 spiro atoms. The predicted octanol–water partition coefficient (Wildman–Crippen LogP) is 7.97. The zero-order chi connectivity index (χ0) is 39.2. The number of amides is 4. The van der Waals surface area contributed by atoms with E-state index in [0.29, 0.717) is 16.9 Å². The van der Waals surface area contributed by atoms with Gasteiger partial charge in [-0.15, -0.1) is 0 Å². The van der Waals surface area contributed by atoms with Gasteiger partial charge in [0.15, 0.2) is 0 Å². The highest BCUT2D eigenvalue weighted by Crippen LogP contribution is 2.27. The molecule has 1 saturated carbocycles. The van der Waals surface area contributed by atoms with Crippen LogP contribution in [0.3, 0.4) is 0 Å². The van der Waals surface area contributed by atoms with Crippen LogP contribution in [0.15, 0.2) is 127 Å². The molecule has 0 saturated heterocycles. The average molecular weight is 741 g/mol. The van der Waals surface area contributed by atoms with E-state index in [0.717, 1.165) is 37.7 Å². The SMILES string of the molecule is O=C(Cc1ccccc1)Nc1ccccc1C(=O)Nc1ccccc1C(=O)O.O=C(O)c1ccccc1NC(=O)c1ccccc1NC(=O)C1CCCCC1. The molecular formula is C43H40N4O8. The van der Waals surface area contributed by atoms with Crippen LogP contribution in [0.25, 0.3) is 0 Å². The monoisotopic (exact) mass is 740 g/mol. The van der Waals surface area contributed by atoms with Crippen LogP contribution in [0.1, 0.15) is 79.1 Å². The standard InChI is InChI=1S/C22H18N2O4.C21H22N2O4/c25-20(14-15-8-2-1-3-9-15)23-18-12-6-4-10-16(18)21(26)24-19-13-7-5-11-17(19)22(27)28;24-19(14-8-2-1-3-9-14)22-17-12-6-4-10-15(17)20(25)23-18-13-7-5-11-16(18)21(26)27/h1-13H,14H2,(H,23,25)(H,24,26)(H,27,28);4-7,10-14H,1-3,8-9H2,(H,22,24)(H,23,25)(H,26,27). The highest BCUT2D eigenvalue weighted by atomic mass is 16.4. The van der Waals surface area contributed by atoms with E-state index in [1.54, 1.807) is 72.8 Å². The van der Waals surface area contributed by atoms with E-state index in [4.69, 9.17) is 0 Å². The number of carbonyl (C=O) groups excluding carboxylic acids is 4. The van der Waals surface area contributed by atoms with Crippen LogP contribution in [0, 0.1) is 5.92 Å². The van der Waals surface area contributed by atoms with Crippen LogP contribution in [0.4, 0.5) is 22.7 Å². The summed E-state index contributed by atoms with van der Waals surface area (Å²) in [5.74, 6) is -3.58. The van der Waals surface area contributed by atoms with Gasteiger partial charge in [0.2, 0.25) is 11.8 Å². The summed E-state index contributed by atoms with van der Waals surface area (Å²) in [5, 5.41) is 29.4. The van der Waals surface area contributed by atoms with Crippen LogP contribution in [-0.4, -0.2) is 45.8 Å². The van der Waals surface area contributed by atoms with Crippen molar-refractivity contribution in [2.24, 2.45) is 5.92 Å². The van der Waals surface area contributed by atoms with E-state index >= 15 is 0 Å². The summed E-state index contributed by atoms with van der Waals surface area (Å²) in [6.07, 6.45) is 5.17. The van der Waals surface area contributed by atoms with Gasteiger partial charge in [-0.25, -0.2) is 9.59 Å². The van der Waals surface area contributed by atoms with Gasteiger partial charge in [-0.1, -0.05) is 98.1 Å². The lowest BCUT2D eigenvalue weighted by Gasteiger charge is -2.21. The fourth-order valence-electron chi connectivity index (χ4n) is 6.09. The summed E-state index contributed by atoms with van der Waals surface area (Å²) < 4.78 is 0. The Morgan fingerprint density at radius 3 is 1.29 bits per heavy atom. The minimum atomic E-state index is -1.14. The second-order valence-electron chi connectivity index (χ2n) is 12.7. The molecule has 4 amide bonds. The molecule has 1 aliphatic rings. The Bertz CT molecular complexity index is 2180. The largest absolute Gasteiger partial charge is 0.478 e. The van der Waals surface area contributed by atoms with Crippen LogP contribution < -0.4 is 21.3 Å². The van der Waals surface area contributed by atoms with Gasteiger partial charge < -0.3 is 31.5 Å². The smallest absolute Gasteiger partial charge is 0.337 e. The van der Waals surface area contributed by atoms with Gasteiger partial charge in [0, 0.05) is 5.92 Å². The van der Waals surface area contributed by atoms with E-state index in [1.165, 1.54) is 24.3 Å². The van der Waals surface area contributed by atoms with Crippen LogP contribution in [0.2, 0.25) is 0 Å². The average Bonchev–Trinajstić information content (AvgIpc) is 3.19. The minimum absolute atomic E-state index is 0.00886. The Labute approximate surface area is 317 Å². The number of carboxylic acids is 2. The number of benzene rings is 5. The first kappa shape index (κ1) is 39.1. The van der Waals surface area contributed by atoms with E-state index in [-0.39, 0.29) is 52.2 Å². The maximum atomic E-state index is 12.7. The van der Waals surface area contributed by atoms with E-state index in [2.05, 4.69) is 21.3 Å². The van der Waals surface area contributed by atoms with Gasteiger partial charge in [0.05, 0.1) is 51.4 Å². The fraction of sp³-hybridized carbons (Fsp3) is 0.163. The molecule has 1 aliphatic carbocycles. The second kappa shape index (κ2) is 19.1. The van der Waals surface area contributed by atoms with Gasteiger partial charge in [0.25, 0.3) is 11.8 Å². The van der Waals surface area contributed by atoms with Crippen molar-refractivity contribution in [2.75, 3.05) is 21.3 Å². The lowest BCUT2D eigenvalue weighted by Crippen LogP contribution is -2.26. The molecule has 0 heterocycles. The van der Waals surface area contributed by atoms with Crippen molar-refractivity contribution in [3.05, 3.63) is 155 Å². The Balaban J connectivity index is 0.000000211. The molecule has 5 aromatic carbocycles. The summed E-state index contributed by atoms with van der Waals surface area (Å²) in [6.45, 7) is 0. The van der Waals surface area contributed by atoms with Crippen LogP contribution >= 0.6 is 0 Å². The number of aromatic carboxylic acids is 2. The van der Waals surface area contributed by atoms with Gasteiger partial charge in [-0.2, -0.15) is 0 Å². The molecule has 0 atom stereocenters. The summed E-state index contributed by atoms with van der Waals surface area (Å²) in [5.41, 5.74) is 2.57. The van der Waals surface area contributed by atoms with Gasteiger partial charge >= 0.3 is 11.9 Å². The van der Waals surface area contributed by atoms with Gasteiger partial charge in [-0.05, 0) is 66.9 Å². The first-order valence-corrected chi connectivity index (χ1v) is 17.7. The maximum absolute atomic E-state index is 12.7. The Hall–Kier alpha value is -7.08. The Morgan fingerprint density at radius 2 is 0.836 bits per heavy atom. The molecule has 0 bridgehead atoms. The number of carbonyl (C=O) groups is 6. The van der Waals surface area contributed by atoms with E-state index in [1.807, 2.05) is 30.3 Å². The van der Waals surface area contributed by atoms with E-state index < -0.39 is 23.8 Å². The first-order chi connectivity index (χ1) is 26.6. The molecule has 12 heteroatoms. The number of carboxylic acid groups (broad SMARTS) is 2. The minimum Gasteiger partial charge on any atom is -0.478 e. The normalized spacial score (nSPS) is 12.2. The van der Waals surface area contributed by atoms with Crippen molar-refractivity contribution in [1.29, 1.82) is 0 Å². The predicted molar refractivity (Wildman–Crippen MR) is 210 cm³/mol. The molecule has 0 aromatic heterocycles. The molecule has 12 nitrogen and oxygen atoms in total. The van der Waals surface area contributed by atoms with Crippen molar-refractivity contribution >= 4 is 58.3 Å². The number of hydrogen-bond donors (Lipinski definition) is 6. The number of anilines is 4. The van der Waals surface area contributed by atoms with Crippen LogP contribution in [-0.2, 0) is 16.0 Å². The molecule has 0 unspecified atom stereocenters. The van der Waals surface area contributed by atoms with Gasteiger partial charge in [0.1, 0.15) is 0 Å². The highest BCUT2D eigenvalue weighted by Gasteiger charge is 2.23. The summed E-state index contributed by atoms with van der Waals surface area (Å²) in [7, 11) is 0. The summed E-state index contributed by atoms with van der Waals surface area (Å²) in [6, 6.07) is 34.9. The number of hydrogen-bond acceptors (Lipinski definition) is 6. The summed E-state index contributed by atoms with van der Waals surface area (Å²) >= 11 is 0. The molecular weight excluding hydrogens is 700 g/mol. The molecule has 5 aromatic rings. The number of rotatable bonds is 11. The molecule has 55 heavy (non-hydrogen) atoms. The third-order valence-corrected chi connectivity index (χ3v) is 8.87. The number of nitrogens with one attached hydrogen (secondary N) is 4. The van der Waals surface area contributed by atoms with Crippen molar-refractivity contribution in [1.82, 2.24) is 0 Å². The zero-order valence-corrected chi connectivity index (χ0v) is 29.8. The molecule has 0 aliphatic heterocycles. The topological polar surface area (TPSA) is 191 Å². The van der Waals surface area contributed by atoms with Crippen molar-refractivity contribution in [2.45, 2.75) is 38.5 Å². The third-order valence-electron chi connectivity index (χ3n) is 8.87. The molecule has 0 radical (unpaired) electrons. The second-order valence-corrected chi connectivity index (χ2v) is 12.7. The highest BCUT2D eigenvalue weighted by molar-refractivity contribution is 6.13. The molecule has 280 valence electrons. The lowest BCUT2D eigenvalue weighted by molar-refractivity contribution is -0.120. The Morgan fingerprint density at radius 1 is 0.455 bits per heavy atom. The van der Waals surface area contributed by atoms with Gasteiger partial charge in [-0.3, -0.25) is 19.2 Å². The molecule has 1 fully saturated rings. The fourth-order valence-corrected chi connectivity index (χ4v) is 6.09.